The van der Waals surface area contributed by atoms with Crippen LogP contribution in [0.15, 0.2) is 30.3 Å². The van der Waals surface area contributed by atoms with Gasteiger partial charge < -0.3 is 14.8 Å². The van der Waals surface area contributed by atoms with Gasteiger partial charge in [0.2, 0.25) is 0 Å². The second-order valence-corrected chi connectivity index (χ2v) is 4.38. The van der Waals surface area contributed by atoms with Crippen molar-refractivity contribution in [1.29, 1.82) is 0 Å². The Kier molecular flexibility index (Phi) is 4.94. The number of nitrogens with one attached hydrogen (secondary N) is 1. The van der Waals surface area contributed by atoms with E-state index in [2.05, 4.69) is 15.5 Å². The molecule has 0 fully saturated rings. The molecule has 0 saturated carbocycles. The molecule has 7 heteroatoms. The standard InChI is InChI=1S/C14H14ClN3O3/c1-3-21-11-6-4-9(8-12(11)20-2)16-14(19)10-5-7-13(15)18-17-10/h4-8H,3H2,1-2H3,(H,16,19). The highest BCUT2D eigenvalue weighted by Gasteiger charge is 2.11. The lowest BCUT2D eigenvalue weighted by atomic mass is 10.2. The zero-order chi connectivity index (χ0) is 15.2. The van der Waals surface area contributed by atoms with Gasteiger partial charge in [-0.1, -0.05) is 11.6 Å². The Balaban J connectivity index is 2.15. The fourth-order valence-electron chi connectivity index (χ4n) is 1.65. The number of aromatic nitrogens is 2. The molecular weight excluding hydrogens is 294 g/mol. The molecule has 21 heavy (non-hydrogen) atoms. The SMILES string of the molecule is CCOc1ccc(NC(=O)c2ccc(Cl)nn2)cc1OC. The van der Waals surface area contributed by atoms with Gasteiger partial charge in [0.25, 0.3) is 5.91 Å². The number of nitrogens with zero attached hydrogens (tertiary/aromatic N) is 2. The number of ether oxygens (including phenoxy) is 2. The molecule has 1 aromatic heterocycles. The van der Waals surface area contributed by atoms with E-state index in [1.54, 1.807) is 18.2 Å². The Hall–Kier alpha value is -2.34. The second-order valence-electron chi connectivity index (χ2n) is 3.99. The molecule has 1 N–H and O–H groups in total. The summed E-state index contributed by atoms with van der Waals surface area (Å²) >= 11 is 5.63. The molecule has 110 valence electrons. The van der Waals surface area contributed by atoms with Crippen molar-refractivity contribution in [3.63, 3.8) is 0 Å². The van der Waals surface area contributed by atoms with Gasteiger partial charge in [0.15, 0.2) is 22.3 Å². The number of hydrogen-bond acceptors (Lipinski definition) is 5. The summed E-state index contributed by atoms with van der Waals surface area (Å²) in [7, 11) is 1.54. The highest BCUT2D eigenvalue weighted by molar-refractivity contribution is 6.29. The van der Waals surface area contributed by atoms with Crippen LogP contribution < -0.4 is 14.8 Å². The molecule has 6 nitrogen and oxygen atoms in total. The van der Waals surface area contributed by atoms with Gasteiger partial charge in [-0.25, -0.2) is 0 Å². The first kappa shape index (κ1) is 15.1. The number of rotatable bonds is 5. The summed E-state index contributed by atoms with van der Waals surface area (Å²) in [4.78, 5) is 12.0. The highest BCUT2D eigenvalue weighted by Crippen LogP contribution is 2.30. The average molecular weight is 308 g/mol. The molecule has 1 heterocycles. The van der Waals surface area contributed by atoms with Crippen LogP contribution in [0.25, 0.3) is 0 Å². The smallest absolute Gasteiger partial charge is 0.276 e. The van der Waals surface area contributed by atoms with E-state index in [-0.39, 0.29) is 16.8 Å². The van der Waals surface area contributed by atoms with Crippen molar-refractivity contribution in [2.24, 2.45) is 0 Å². The van der Waals surface area contributed by atoms with Crippen LogP contribution >= 0.6 is 11.6 Å². The zero-order valence-corrected chi connectivity index (χ0v) is 12.3. The fourth-order valence-corrected chi connectivity index (χ4v) is 1.75. The highest BCUT2D eigenvalue weighted by atomic mass is 35.5. The minimum atomic E-state index is -0.384. The molecule has 2 aromatic rings. The minimum Gasteiger partial charge on any atom is -0.493 e. The van der Waals surface area contributed by atoms with Gasteiger partial charge in [-0.15, -0.1) is 10.2 Å². The van der Waals surface area contributed by atoms with Gasteiger partial charge in [0.05, 0.1) is 13.7 Å². The van der Waals surface area contributed by atoms with Gasteiger partial charge in [-0.05, 0) is 31.2 Å². The molecule has 0 radical (unpaired) electrons. The number of anilines is 1. The molecule has 0 saturated heterocycles. The second kappa shape index (κ2) is 6.90. The fraction of sp³-hybridized carbons (Fsp3) is 0.214. The molecule has 0 aliphatic rings. The third kappa shape index (κ3) is 3.82. The lowest BCUT2D eigenvalue weighted by Crippen LogP contribution is -2.14. The molecule has 2 rings (SSSR count). The Labute approximate surface area is 127 Å². The van der Waals surface area contributed by atoms with Gasteiger partial charge in [-0.3, -0.25) is 4.79 Å². The number of amides is 1. The number of benzene rings is 1. The van der Waals surface area contributed by atoms with Crippen molar-refractivity contribution >= 4 is 23.2 Å². The maximum absolute atomic E-state index is 12.0. The molecule has 0 atom stereocenters. The van der Waals surface area contributed by atoms with Crippen LogP contribution in [0.2, 0.25) is 5.15 Å². The monoisotopic (exact) mass is 307 g/mol. The predicted octanol–water partition coefficient (Wildman–Crippen LogP) is 2.79. The minimum absolute atomic E-state index is 0.173. The van der Waals surface area contributed by atoms with Gasteiger partial charge >= 0.3 is 0 Å². The molecule has 0 aliphatic heterocycles. The summed E-state index contributed by atoms with van der Waals surface area (Å²) in [5.41, 5.74) is 0.740. The third-order valence-electron chi connectivity index (χ3n) is 2.59. The lowest BCUT2D eigenvalue weighted by Gasteiger charge is -2.11. The predicted molar refractivity (Wildman–Crippen MR) is 79.2 cm³/mol. The van der Waals surface area contributed by atoms with E-state index in [4.69, 9.17) is 21.1 Å². The summed E-state index contributed by atoms with van der Waals surface area (Å²) in [6, 6.07) is 8.12. The van der Waals surface area contributed by atoms with Gasteiger partial charge in [0.1, 0.15) is 0 Å². The van der Waals surface area contributed by atoms with Crippen molar-refractivity contribution < 1.29 is 14.3 Å². The van der Waals surface area contributed by atoms with Crippen LogP contribution in [0.4, 0.5) is 5.69 Å². The Morgan fingerprint density at radius 3 is 2.67 bits per heavy atom. The lowest BCUT2D eigenvalue weighted by molar-refractivity contribution is 0.102. The quantitative estimate of drug-likeness (QED) is 0.919. The molecule has 0 spiro atoms. The zero-order valence-electron chi connectivity index (χ0n) is 11.6. The number of halogens is 1. The van der Waals surface area contributed by atoms with Crippen molar-refractivity contribution in [3.8, 4) is 11.5 Å². The van der Waals surface area contributed by atoms with E-state index >= 15 is 0 Å². The van der Waals surface area contributed by atoms with Crippen LogP contribution in [0.5, 0.6) is 11.5 Å². The average Bonchev–Trinajstić information content (AvgIpc) is 2.49. The van der Waals surface area contributed by atoms with E-state index in [0.717, 1.165) is 0 Å². The van der Waals surface area contributed by atoms with E-state index < -0.39 is 0 Å². The molecular formula is C14H14ClN3O3. The molecule has 0 bridgehead atoms. The van der Waals surface area contributed by atoms with Crippen LogP contribution in [0, 0.1) is 0 Å². The summed E-state index contributed by atoms with van der Waals surface area (Å²) in [6.07, 6.45) is 0. The number of carbonyl (C=O) groups excluding carboxylic acids is 1. The maximum atomic E-state index is 12.0. The van der Waals surface area contributed by atoms with Crippen molar-refractivity contribution in [1.82, 2.24) is 10.2 Å². The van der Waals surface area contributed by atoms with Crippen LogP contribution in [0.3, 0.4) is 0 Å². The summed E-state index contributed by atoms with van der Waals surface area (Å²) in [5.74, 6) is 0.770. The number of hydrogen-bond donors (Lipinski definition) is 1. The van der Waals surface area contributed by atoms with E-state index in [9.17, 15) is 4.79 Å². The molecule has 0 unspecified atom stereocenters. The molecule has 0 aliphatic carbocycles. The number of methoxy groups -OCH3 is 1. The van der Waals surface area contributed by atoms with Crippen molar-refractivity contribution in [3.05, 3.63) is 41.2 Å². The van der Waals surface area contributed by atoms with Crippen LogP contribution in [0.1, 0.15) is 17.4 Å². The first-order valence-corrected chi connectivity index (χ1v) is 6.63. The van der Waals surface area contributed by atoms with E-state index in [1.807, 2.05) is 6.92 Å². The maximum Gasteiger partial charge on any atom is 0.276 e. The Bertz CT molecular complexity index is 632. The number of carbonyl (C=O) groups is 1. The molecule has 1 amide bonds. The van der Waals surface area contributed by atoms with Crippen molar-refractivity contribution in [2.45, 2.75) is 6.92 Å². The topological polar surface area (TPSA) is 73.3 Å². The van der Waals surface area contributed by atoms with E-state index in [1.165, 1.54) is 19.2 Å². The van der Waals surface area contributed by atoms with Crippen molar-refractivity contribution in [2.75, 3.05) is 19.0 Å². The summed E-state index contributed by atoms with van der Waals surface area (Å²) in [6.45, 7) is 2.41. The van der Waals surface area contributed by atoms with Gasteiger partial charge in [0, 0.05) is 11.8 Å². The first-order valence-electron chi connectivity index (χ1n) is 6.25. The van der Waals surface area contributed by atoms with Gasteiger partial charge in [-0.2, -0.15) is 0 Å². The Morgan fingerprint density at radius 2 is 2.05 bits per heavy atom. The largest absolute Gasteiger partial charge is 0.493 e. The van der Waals surface area contributed by atoms with Crippen LogP contribution in [-0.4, -0.2) is 29.8 Å². The summed E-state index contributed by atoms with van der Waals surface area (Å²) < 4.78 is 10.6. The first-order chi connectivity index (χ1) is 10.1. The van der Waals surface area contributed by atoms with Crippen LogP contribution in [-0.2, 0) is 0 Å². The third-order valence-corrected chi connectivity index (χ3v) is 2.79. The normalized spacial score (nSPS) is 10.0. The van der Waals surface area contributed by atoms with E-state index in [0.29, 0.717) is 23.8 Å². The summed E-state index contributed by atoms with van der Waals surface area (Å²) in [5, 5.41) is 10.3. The Morgan fingerprint density at radius 1 is 1.24 bits per heavy atom. The molecule has 1 aromatic carbocycles.